The summed E-state index contributed by atoms with van der Waals surface area (Å²) in [5.41, 5.74) is 6.09. The third kappa shape index (κ3) is 8.88. The van der Waals surface area contributed by atoms with Gasteiger partial charge in [0.05, 0.1) is 0 Å². The summed E-state index contributed by atoms with van der Waals surface area (Å²) in [7, 11) is 0. The number of hydrogen-bond acceptors (Lipinski definition) is 2. The van der Waals surface area contributed by atoms with E-state index < -0.39 is 0 Å². The lowest BCUT2D eigenvalue weighted by Crippen LogP contribution is -2.41. The minimum Gasteiger partial charge on any atom is -0.327 e. The summed E-state index contributed by atoms with van der Waals surface area (Å²) < 4.78 is 0. The molecular weight excluding hydrogens is 184 g/mol. The average molecular weight is 214 g/mol. The molecule has 1 atom stereocenters. The number of hydrogen-bond donors (Lipinski definition) is 1. The van der Waals surface area contributed by atoms with Gasteiger partial charge in [-0.05, 0) is 18.3 Å². The van der Waals surface area contributed by atoms with E-state index in [9.17, 15) is 0 Å². The Labute approximate surface area is 96.2 Å². The molecule has 0 amide bonds. The van der Waals surface area contributed by atoms with Crippen LogP contribution in [0.25, 0.3) is 0 Å². The monoisotopic (exact) mass is 214 g/mol. The molecule has 2 heteroatoms. The molecule has 0 saturated heterocycles. The molecule has 0 aromatic rings. The summed E-state index contributed by atoms with van der Waals surface area (Å²) >= 11 is 0. The molecule has 0 radical (unpaired) electrons. The molecule has 0 spiro atoms. The number of nitrogens with zero attached hydrogens (tertiary/aromatic N) is 1. The lowest BCUT2D eigenvalue weighted by molar-refractivity contribution is 0.204. The van der Waals surface area contributed by atoms with Crippen LogP contribution in [0.3, 0.4) is 0 Å². The van der Waals surface area contributed by atoms with Crippen LogP contribution in [0.4, 0.5) is 0 Å². The highest BCUT2D eigenvalue weighted by atomic mass is 15.1. The van der Waals surface area contributed by atoms with Gasteiger partial charge in [0.25, 0.3) is 0 Å². The molecule has 15 heavy (non-hydrogen) atoms. The molecule has 2 N–H and O–H groups in total. The van der Waals surface area contributed by atoms with Crippen LogP contribution in [0, 0.1) is 11.8 Å². The molecular formula is C13H30N2. The van der Waals surface area contributed by atoms with Gasteiger partial charge in [0.2, 0.25) is 0 Å². The predicted octanol–water partition coefficient (Wildman–Crippen LogP) is 2.73. The van der Waals surface area contributed by atoms with Crippen molar-refractivity contribution in [2.45, 2.75) is 53.5 Å². The lowest BCUT2D eigenvalue weighted by atomic mass is 10.1. The highest BCUT2D eigenvalue weighted by Gasteiger charge is 2.12. The smallest absolute Gasteiger partial charge is 0.0167 e. The zero-order valence-electron chi connectivity index (χ0n) is 11.3. The van der Waals surface area contributed by atoms with Gasteiger partial charge >= 0.3 is 0 Å². The lowest BCUT2D eigenvalue weighted by Gasteiger charge is -2.28. The Hall–Kier alpha value is -0.0800. The molecule has 0 aliphatic rings. The summed E-state index contributed by atoms with van der Waals surface area (Å²) in [5.74, 6) is 1.47. The largest absolute Gasteiger partial charge is 0.327 e. The van der Waals surface area contributed by atoms with Crippen molar-refractivity contribution < 1.29 is 0 Å². The first-order chi connectivity index (χ1) is 6.95. The Morgan fingerprint density at radius 1 is 0.933 bits per heavy atom. The first kappa shape index (κ1) is 14.9. The van der Waals surface area contributed by atoms with Crippen LogP contribution in [0.2, 0.25) is 0 Å². The predicted molar refractivity (Wildman–Crippen MR) is 69.0 cm³/mol. The Morgan fingerprint density at radius 3 is 1.73 bits per heavy atom. The normalized spacial score (nSPS) is 14.2. The maximum atomic E-state index is 6.09. The average Bonchev–Trinajstić information content (AvgIpc) is 2.00. The second kappa shape index (κ2) is 8.12. The van der Waals surface area contributed by atoms with Gasteiger partial charge in [-0.25, -0.2) is 0 Å². The highest BCUT2D eigenvalue weighted by Crippen LogP contribution is 2.06. The molecule has 0 saturated carbocycles. The van der Waals surface area contributed by atoms with E-state index in [4.69, 9.17) is 5.73 Å². The van der Waals surface area contributed by atoms with E-state index in [1.54, 1.807) is 0 Å². The molecule has 0 aliphatic heterocycles. The van der Waals surface area contributed by atoms with Crippen LogP contribution in [0.5, 0.6) is 0 Å². The molecule has 0 heterocycles. The SMILES string of the molecule is CCCC(N)CN(CC(C)C)CC(C)C. The maximum Gasteiger partial charge on any atom is 0.0167 e. The quantitative estimate of drug-likeness (QED) is 0.673. The van der Waals surface area contributed by atoms with E-state index in [-0.39, 0.29) is 0 Å². The van der Waals surface area contributed by atoms with E-state index in [0.29, 0.717) is 6.04 Å². The fourth-order valence-corrected chi connectivity index (χ4v) is 2.05. The second-order valence-corrected chi connectivity index (χ2v) is 5.55. The summed E-state index contributed by atoms with van der Waals surface area (Å²) in [6, 6.07) is 0.354. The van der Waals surface area contributed by atoms with Crippen LogP contribution >= 0.6 is 0 Å². The van der Waals surface area contributed by atoms with E-state index >= 15 is 0 Å². The van der Waals surface area contributed by atoms with Gasteiger partial charge in [-0.2, -0.15) is 0 Å². The van der Waals surface area contributed by atoms with Crippen molar-refractivity contribution in [2.75, 3.05) is 19.6 Å². The fraction of sp³-hybridized carbons (Fsp3) is 1.00. The summed E-state index contributed by atoms with van der Waals surface area (Å²) in [6.45, 7) is 14.7. The van der Waals surface area contributed by atoms with E-state index in [2.05, 4.69) is 39.5 Å². The first-order valence-electron chi connectivity index (χ1n) is 6.43. The number of rotatable bonds is 8. The van der Waals surface area contributed by atoms with Crippen molar-refractivity contribution in [2.24, 2.45) is 17.6 Å². The standard InChI is InChI=1S/C13H30N2/c1-6-7-13(14)10-15(8-11(2)3)9-12(4)5/h11-13H,6-10,14H2,1-5H3. The molecule has 0 aromatic carbocycles. The van der Waals surface area contributed by atoms with Gasteiger partial charge in [-0.1, -0.05) is 41.0 Å². The van der Waals surface area contributed by atoms with Gasteiger partial charge in [-0.15, -0.1) is 0 Å². The summed E-state index contributed by atoms with van der Waals surface area (Å²) in [4.78, 5) is 2.52. The van der Waals surface area contributed by atoms with Crippen molar-refractivity contribution >= 4 is 0 Å². The van der Waals surface area contributed by atoms with Crippen molar-refractivity contribution in [3.05, 3.63) is 0 Å². The molecule has 0 fully saturated rings. The fourth-order valence-electron chi connectivity index (χ4n) is 2.05. The van der Waals surface area contributed by atoms with Crippen molar-refractivity contribution in [1.82, 2.24) is 4.90 Å². The number of nitrogens with two attached hydrogens (primary N) is 1. The molecule has 92 valence electrons. The topological polar surface area (TPSA) is 29.3 Å². The van der Waals surface area contributed by atoms with Gasteiger partial charge in [0, 0.05) is 25.7 Å². The Morgan fingerprint density at radius 2 is 1.40 bits per heavy atom. The molecule has 2 nitrogen and oxygen atoms in total. The summed E-state index contributed by atoms with van der Waals surface area (Å²) in [5, 5.41) is 0. The molecule has 0 aliphatic carbocycles. The van der Waals surface area contributed by atoms with E-state index in [1.807, 2.05) is 0 Å². The highest BCUT2D eigenvalue weighted by molar-refractivity contribution is 4.70. The van der Waals surface area contributed by atoms with Crippen molar-refractivity contribution in [1.29, 1.82) is 0 Å². The summed E-state index contributed by atoms with van der Waals surface area (Å²) in [6.07, 6.45) is 2.34. The third-order valence-electron chi connectivity index (χ3n) is 2.40. The maximum absolute atomic E-state index is 6.09. The third-order valence-corrected chi connectivity index (χ3v) is 2.40. The van der Waals surface area contributed by atoms with E-state index in [1.165, 1.54) is 19.5 Å². The molecule has 0 aromatic heterocycles. The second-order valence-electron chi connectivity index (χ2n) is 5.55. The Balaban J connectivity index is 3.99. The van der Waals surface area contributed by atoms with Crippen molar-refractivity contribution in [3.8, 4) is 0 Å². The molecule has 0 bridgehead atoms. The van der Waals surface area contributed by atoms with Crippen LogP contribution in [-0.4, -0.2) is 30.6 Å². The Kier molecular flexibility index (Phi) is 8.07. The minimum absolute atomic E-state index is 0.354. The van der Waals surface area contributed by atoms with Gasteiger partial charge < -0.3 is 10.6 Å². The first-order valence-corrected chi connectivity index (χ1v) is 6.43. The molecule has 0 rings (SSSR count). The van der Waals surface area contributed by atoms with Crippen LogP contribution in [0.1, 0.15) is 47.5 Å². The molecule has 1 unspecified atom stereocenters. The van der Waals surface area contributed by atoms with Gasteiger partial charge in [-0.3, -0.25) is 0 Å². The van der Waals surface area contributed by atoms with E-state index in [0.717, 1.165) is 24.8 Å². The van der Waals surface area contributed by atoms with Crippen LogP contribution < -0.4 is 5.73 Å². The Bertz CT molecular complexity index is 133. The minimum atomic E-state index is 0.354. The van der Waals surface area contributed by atoms with Gasteiger partial charge in [0.1, 0.15) is 0 Å². The van der Waals surface area contributed by atoms with Gasteiger partial charge in [0.15, 0.2) is 0 Å². The zero-order chi connectivity index (χ0) is 11.8. The van der Waals surface area contributed by atoms with Crippen LogP contribution in [0.15, 0.2) is 0 Å². The zero-order valence-corrected chi connectivity index (χ0v) is 11.3. The van der Waals surface area contributed by atoms with Crippen molar-refractivity contribution in [3.63, 3.8) is 0 Å². The van der Waals surface area contributed by atoms with Crippen LogP contribution in [-0.2, 0) is 0 Å².